The lowest BCUT2D eigenvalue weighted by atomic mass is 10.2. The van der Waals surface area contributed by atoms with Gasteiger partial charge in [-0.3, -0.25) is 4.79 Å². The molecule has 0 saturated carbocycles. The summed E-state index contributed by atoms with van der Waals surface area (Å²) in [5.41, 5.74) is 0.863. The van der Waals surface area contributed by atoms with E-state index in [1.165, 1.54) is 22.5 Å². The van der Waals surface area contributed by atoms with E-state index in [4.69, 9.17) is 11.6 Å². The minimum atomic E-state index is -3.12. The smallest absolute Gasteiger partial charge is 0.265 e. The summed E-state index contributed by atoms with van der Waals surface area (Å²) in [7, 11) is -3.12. The molecule has 1 aromatic heterocycles. The quantitative estimate of drug-likeness (QED) is 0.837. The molecule has 1 heterocycles. The van der Waals surface area contributed by atoms with Crippen LogP contribution in [0.5, 0.6) is 0 Å². The van der Waals surface area contributed by atoms with E-state index in [1.54, 1.807) is 6.92 Å². The van der Waals surface area contributed by atoms with Gasteiger partial charge < -0.3 is 4.90 Å². The zero-order chi connectivity index (χ0) is 14.8. The first-order chi connectivity index (χ1) is 8.67. The maximum Gasteiger partial charge on any atom is 0.265 e. The first-order valence-corrected chi connectivity index (χ1v) is 9.21. The van der Waals surface area contributed by atoms with Crippen molar-refractivity contribution in [2.75, 3.05) is 18.6 Å². The van der Waals surface area contributed by atoms with Gasteiger partial charge in [0.2, 0.25) is 0 Å². The highest BCUT2D eigenvalue weighted by Crippen LogP contribution is 2.28. The Balaban J connectivity index is 2.97. The zero-order valence-electron chi connectivity index (χ0n) is 11.4. The van der Waals surface area contributed by atoms with Crippen molar-refractivity contribution in [1.29, 1.82) is 0 Å². The largest absolute Gasteiger partial charge is 0.334 e. The van der Waals surface area contributed by atoms with Gasteiger partial charge in [-0.25, -0.2) is 8.42 Å². The van der Waals surface area contributed by atoms with E-state index in [2.05, 4.69) is 0 Å². The van der Waals surface area contributed by atoms with E-state index < -0.39 is 9.84 Å². The molecule has 108 valence electrons. The average molecular weight is 324 g/mol. The van der Waals surface area contributed by atoms with E-state index in [1.807, 2.05) is 19.2 Å². The van der Waals surface area contributed by atoms with Crippen molar-refractivity contribution in [2.24, 2.45) is 0 Å². The number of hydrogen-bond donors (Lipinski definition) is 0. The fraction of sp³-hybridized carbons (Fsp3) is 0.583. The molecule has 0 radical (unpaired) electrons. The van der Waals surface area contributed by atoms with Crippen LogP contribution in [0.3, 0.4) is 0 Å². The number of sulfone groups is 1. The Morgan fingerprint density at radius 3 is 2.47 bits per heavy atom. The molecule has 0 fully saturated rings. The van der Waals surface area contributed by atoms with Crippen LogP contribution < -0.4 is 0 Å². The normalized spacial score (nSPS) is 13.3. The Kier molecular flexibility index (Phi) is 5.41. The Hall–Kier alpha value is -0.590. The molecule has 4 nitrogen and oxygen atoms in total. The molecule has 1 unspecified atom stereocenters. The van der Waals surface area contributed by atoms with Crippen LogP contribution in [-0.4, -0.2) is 43.8 Å². The van der Waals surface area contributed by atoms with E-state index in [0.717, 1.165) is 5.56 Å². The standard InChI is InChI=1S/C12H18ClNO3S2/c1-5-14(9(3)7-19(4,16)17)12(15)11-10(13)8(2)6-18-11/h6,9H,5,7H2,1-4H3. The highest BCUT2D eigenvalue weighted by molar-refractivity contribution is 7.90. The van der Waals surface area contributed by atoms with Gasteiger partial charge in [0.25, 0.3) is 5.91 Å². The second-order valence-electron chi connectivity index (χ2n) is 4.59. The van der Waals surface area contributed by atoms with Crippen LogP contribution in [0.1, 0.15) is 29.1 Å². The fourth-order valence-electron chi connectivity index (χ4n) is 1.89. The summed E-state index contributed by atoms with van der Waals surface area (Å²) in [5.74, 6) is -0.254. The number of carbonyl (C=O) groups excluding carboxylic acids is 1. The predicted octanol–water partition coefficient (Wildman–Crippen LogP) is 2.61. The second kappa shape index (κ2) is 6.24. The van der Waals surface area contributed by atoms with Crippen molar-refractivity contribution >= 4 is 38.7 Å². The number of aryl methyl sites for hydroxylation is 1. The molecule has 0 spiro atoms. The summed E-state index contributed by atoms with van der Waals surface area (Å²) >= 11 is 7.38. The number of carbonyl (C=O) groups is 1. The SMILES string of the molecule is CCN(C(=O)c1scc(C)c1Cl)C(C)CS(C)(=O)=O. The van der Waals surface area contributed by atoms with Gasteiger partial charge in [0.1, 0.15) is 14.7 Å². The average Bonchev–Trinajstić information content (AvgIpc) is 2.58. The molecule has 1 aromatic rings. The summed E-state index contributed by atoms with van der Waals surface area (Å²) in [6.45, 7) is 5.84. The molecule has 0 N–H and O–H groups in total. The summed E-state index contributed by atoms with van der Waals surface area (Å²) in [5, 5.41) is 2.28. The van der Waals surface area contributed by atoms with Crippen molar-refractivity contribution in [3.05, 3.63) is 20.8 Å². The van der Waals surface area contributed by atoms with Crippen LogP contribution in [0.2, 0.25) is 5.02 Å². The number of hydrogen-bond acceptors (Lipinski definition) is 4. The van der Waals surface area contributed by atoms with E-state index in [0.29, 0.717) is 16.4 Å². The van der Waals surface area contributed by atoms with Gasteiger partial charge in [0, 0.05) is 18.8 Å². The van der Waals surface area contributed by atoms with Crippen molar-refractivity contribution < 1.29 is 13.2 Å². The van der Waals surface area contributed by atoms with Gasteiger partial charge in [-0.15, -0.1) is 11.3 Å². The fourth-order valence-corrected chi connectivity index (χ4v) is 4.17. The summed E-state index contributed by atoms with van der Waals surface area (Å²) < 4.78 is 22.7. The Morgan fingerprint density at radius 2 is 2.11 bits per heavy atom. The van der Waals surface area contributed by atoms with E-state index >= 15 is 0 Å². The lowest BCUT2D eigenvalue weighted by Gasteiger charge is -2.27. The van der Waals surface area contributed by atoms with Crippen LogP contribution in [0.15, 0.2) is 5.38 Å². The van der Waals surface area contributed by atoms with Crippen molar-refractivity contribution in [1.82, 2.24) is 4.90 Å². The van der Waals surface area contributed by atoms with E-state index in [-0.39, 0.29) is 17.7 Å². The maximum atomic E-state index is 12.4. The molecule has 1 rings (SSSR count). The van der Waals surface area contributed by atoms with Gasteiger partial charge in [-0.2, -0.15) is 0 Å². The third-order valence-electron chi connectivity index (χ3n) is 2.77. The van der Waals surface area contributed by atoms with Crippen LogP contribution in [0.25, 0.3) is 0 Å². The lowest BCUT2D eigenvalue weighted by Crippen LogP contribution is -2.41. The van der Waals surface area contributed by atoms with Gasteiger partial charge >= 0.3 is 0 Å². The molecule has 0 bridgehead atoms. The third-order valence-corrected chi connectivity index (χ3v) is 5.54. The molecule has 1 amide bonds. The Labute approximate surface area is 123 Å². The topological polar surface area (TPSA) is 54.5 Å². The van der Waals surface area contributed by atoms with Gasteiger partial charge in [-0.05, 0) is 31.7 Å². The highest BCUT2D eigenvalue weighted by atomic mass is 35.5. The summed E-state index contributed by atoms with van der Waals surface area (Å²) in [6, 6.07) is -0.369. The molecular weight excluding hydrogens is 306 g/mol. The summed E-state index contributed by atoms with van der Waals surface area (Å²) in [6.07, 6.45) is 1.17. The predicted molar refractivity (Wildman–Crippen MR) is 79.9 cm³/mol. The summed E-state index contributed by atoms with van der Waals surface area (Å²) in [4.78, 5) is 14.4. The van der Waals surface area contributed by atoms with Crippen LogP contribution >= 0.6 is 22.9 Å². The number of rotatable bonds is 5. The number of nitrogens with zero attached hydrogens (tertiary/aromatic N) is 1. The van der Waals surface area contributed by atoms with Crippen molar-refractivity contribution in [3.8, 4) is 0 Å². The number of thiophene rings is 1. The molecule has 0 saturated heterocycles. The van der Waals surface area contributed by atoms with E-state index in [9.17, 15) is 13.2 Å². The minimum absolute atomic E-state index is 0.0471. The highest BCUT2D eigenvalue weighted by Gasteiger charge is 2.25. The lowest BCUT2D eigenvalue weighted by molar-refractivity contribution is 0.0724. The monoisotopic (exact) mass is 323 g/mol. The van der Waals surface area contributed by atoms with Crippen molar-refractivity contribution in [2.45, 2.75) is 26.8 Å². The molecular formula is C12H18ClNO3S2. The molecule has 0 aliphatic carbocycles. The molecule has 19 heavy (non-hydrogen) atoms. The van der Waals surface area contributed by atoms with Crippen molar-refractivity contribution in [3.63, 3.8) is 0 Å². The van der Waals surface area contributed by atoms with Crippen LogP contribution in [0, 0.1) is 6.92 Å². The number of amides is 1. The first-order valence-electron chi connectivity index (χ1n) is 5.89. The molecule has 0 aromatic carbocycles. The minimum Gasteiger partial charge on any atom is -0.334 e. The van der Waals surface area contributed by atoms with Crippen LogP contribution in [0.4, 0.5) is 0 Å². The molecule has 7 heteroatoms. The van der Waals surface area contributed by atoms with Crippen LogP contribution in [-0.2, 0) is 9.84 Å². The third kappa shape index (κ3) is 4.19. The first kappa shape index (κ1) is 16.5. The van der Waals surface area contributed by atoms with Gasteiger partial charge in [0.15, 0.2) is 0 Å². The molecule has 0 aliphatic heterocycles. The Morgan fingerprint density at radius 1 is 1.53 bits per heavy atom. The molecule has 1 atom stereocenters. The number of halogens is 1. The Bertz CT molecular complexity index is 566. The molecule has 0 aliphatic rings. The van der Waals surface area contributed by atoms with Gasteiger partial charge in [-0.1, -0.05) is 11.6 Å². The zero-order valence-corrected chi connectivity index (χ0v) is 13.8. The maximum absolute atomic E-state index is 12.4. The van der Waals surface area contributed by atoms with Gasteiger partial charge in [0.05, 0.1) is 10.8 Å². The second-order valence-corrected chi connectivity index (χ2v) is 8.04.